The van der Waals surface area contributed by atoms with Crippen LogP contribution in [0.5, 0.6) is 5.75 Å². The number of aryl methyl sites for hydroxylation is 2. The van der Waals surface area contributed by atoms with Crippen LogP contribution in [0, 0.1) is 0 Å². The number of hydrogen-bond donors (Lipinski definition) is 1. The van der Waals surface area contributed by atoms with Crippen LogP contribution in [-0.2, 0) is 32.9 Å². The molecule has 0 fully saturated rings. The summed E-state index contributed by atoms with van der Waals surface area (Å²) in [5.41, 5.74) is 2.44. The summed E-state index contributed by atoms with van der Waals surface area (Å²) in [6, 6.07) is 9.24. The van der Waals surface area contributed by atoms with E-state index in [0.717, 1.165) is 36.8 Å². The van der Waals surface area contributed by atoms with Gasteiger partial charge in [0.05, 0.1) is 12.0 Å². The number of ether oxygens (including phenoxy) is 1. The molecule has 1 N–H and O–H groups in total. The Morgan fingerprint density at radius 2 is 1.50 bits per heavy atom. The molecule has 0 heterocycles. The molecule has 0 atom stereocenters. The van der Waals surface area contributed by atoms with Crippen molar-refractivity contribution in [2.45, 2.75) is 49.3 Å². The van der Waals surface area contributed by atoms with Crippen LogP contribution in [0.3, 0.4) is 0 Å². The lowest BCUT2D eigenvalue weighted by molar-refractivity contribution is 0.401. The van der Waals surface area contributed by atoms with Crippen LogP contribution in [0.1, 0.15) is 37.8 Å². The first-order valence-corrected chi connectivity index (χ1v) is 13.0. The van der Waals surface area contributed by atoms with Crippen molar-refractivity contribution in [1.82, 2.24) is 4.31 Å². The van der Waals surface area contributed by atoms with E-state index in [4.69, 9.17) is 4.74 Å². The van der Waals surface area contributed by atoms with Gasteiger partial charge in [0.25, 0.3) is 10.0 Å². The summed E-state index contributed by atoms with van der Waals surface area (Å²) < 4.78 is 60.5. The van der Waals surface area contributed by atoms with E-state index in [1.807, 2.05) is 6.07 Å². The lowest BCUT2D eigenvalue weighted by Crippen LogP contribution is -2.30. The number of hydrogen-bond acceptors (Lipinski definition) is 5. The molecular formula is C21H28N2O5S2. The molecule has 9 heteroatoms. The minimum Gasteiger partial charge on any atom is -0.495 e. The zero-order valence-corrected chi connectivity index (χ0v) is 19.1. The molecule has 2 aromatic carbocycles. The van der Waals surface area contributed by atoms with Crippen molar-refractivity contribution in [3.63, 3.8) is 0 Å². The molecule has 0 saturated carbocycles. The number of anilines is 1. The molecule has 2 aromatic rings. The zero-order chi connectivity index (χ0) is 21.9. The van der Waals surface area contributed by atoms with Crippen LogP contribution >= 0.6 is 0 Å². The van der Waals surface area contributed by atoms with Gasteiger partial charge in [0.15, 0.2) is 0 Å². The van der Waals surface area contributed by atoms with Crippen LogP contribution in [0.2, 0.25) is 0 Å². The van der Waals surface area contributed by atoms with Gasteiger partial charge in [-0.3, -0.25) is 4.72 Å². The van der Waals surface area contributed by atoms with E-state index in [2.05, 4.69) is 4.72 Å². The van der Waals surface area contributed by atoms with Gasteiger partial charge in [0, 0.05) is 18.8 Å². The maximum Gasteiger partial charge on any atom is 0.265 e. The van der Waals surface area contributed by atoms with Crippen molar-refractivity contribution in [1.29, 1.82) is 0 Å². The maximum atomic E-state index is 13.0. The smallest absolute Gasteiger partial charge is 0.265 e. The molecule has 0 unspecified atom stereocenters. The maximum absolute atomic E-state index is 13.0. The van der Waals surface area contributed by atoms with E-state index < -0.39 is 20.0 Å². The van der Waals surface area contributed by atoms with Crippen molar-refractivity contribution >= 4 is 25.7 Å². The highest BCUT2D eigenvalue weighted by Gasteiger charge is 2.25. The highest BCUT2D eigenvalue weighted by molar-refractivity contribution is 7.92. The Labute approximate surface area is 179 Å². The van der Waals surface area contributed by atoms with Crippen LogP contribution in [0.15, 0.2) is 46.2 Å². The van der Waals surface area contributed by atoms with E-state index in [0.29, 0.717) is 18.8 Å². The molecule has 7 nitrogen and oxygen atoms in total. The second kappa shape index (κ2) is 8.95. The Balaban J connectivity index is 1.89. The lowest BCUT2D eigenvalue weighted by Gasteiger charge is -2.20. The molecule has 0 aromatic heterocycles. The number of rotatable bonds is 8. The van der Waals surface area contributed by atoms with E-state index >= 15 is 0 Å². The summed E-state index contributed by atoms with van der Waals surface area (Å²) in [6.07, 6.45) is 3.89. The lowest BCUT2D eigenvalue weighted by atomic mass is 9.92. The molecule has 0 bridgehead atoms. The van der Waals surface area contributed by atoms with E-state index in [9.17, 15) is 16.8 Å². The molecule has 1 aliphatic rings. The van der Waals surface area contributed by atoms with Gasteiger partial charge in [-0.15, -0.1) is 0 Å². The van der Waals surface area contributed by atoms with Crippen LogP contribution in [0.25, 0.3) is 0 Å². The van der Waals surface area contributed by atoms with Gasteiger partial charge in [-0.2, -0.15) is 4.31 Å². The molecule has 0 spiro atoms. The fourth-order valence-electron chi connectivity index (χ4n) is 3.73. The van der Waals surface area contributed by atoms with Gasteiger partial charge in [0.2, 0.25) is 10.0 Å². The molecule has 30 heavy (non-hydrogen) atoms. The molecule has 0 radical (unpaired) electrons. The molecular weight excluding hydrogens is 424 g/mol. The van der Waals surface area contributed by atoms with Gasteiger partial charge < -0.3 is 4.74 Å². The minimum absolute atomic E-state index is 0.0884. The Morgan fingerprint density at radius 3 is 2.03 bits per heavy atom. The van der Waals surface area contributed by atoms with Crippen molar-refractivity contribution in [2.75, 3.05) is 24.9 Å². The van der Waals surface area contributed by atoms with Gasteiger partial charge in [-0.25, -0.2) is 16.8 Å². The van der Waals surface area contributed by atoms with E-state index in [1.54, 1.807) is 19.9 Å². The Hall–Kier alpha value is -2.10. The predicted molar refractivity (Wildman–Crippen MR) is 117 cm³/mol. The highest BCUT2D eigenvalue weighted by atomic mass is 32.2. The quantitative estimate of drug-likeness (QED) is 0.663. The SMILES string of the molecule is CCN(CC)S(=O)(=O)c1ccc(NS(=O)(=O)c2cc3c(cc2OC)CCCC3)cc1. The van der Waals surface area contributed by atoms with Gasteiger partial charge in [-0.1, -0.05) is 13.8 Å². The summed E-state index contributed by atoms with van der Waals surface area (Å²) in [5, 5.41) is 0. The Bertz CT molecular complexity index is 1110. The van der Waals surface area contributed by atoms with Crippen LogP contribution in [0.4, 0.5) is 5.69 Å². The summed E-state index contributed by atoms with van der Waals surface area (Å²) >= 11 is 0. The normalized spacial score (nSPS) is 14.4. The average Bonchev–Trinajstić information content (AvgIpc) is 2.73. The first-order valence-electron chi connectivity index (χ1n) is 10.1. The van der Waals surface area contributed by atoms with Crippen LogP contribution < -0.4 is 9.46 Å². The molecule has 164 valence electrons. The first kappa shape index (κ1) is 22.6. The summed E-state index contributed by atoms with van der Waals surface area (Å²) in [6.45, 7) is 4.28. The second-order valence-corrected chi connectivity index (χ2v) is 10.8. The standard InChI is InChI=1S/C21H28N2O5S2/c1-4-23(5-2)30(26,27)19-12-10-18(11-13-19)22-29(24,25)21-15-17-9-7-6-8-16(17)14-20(21)28-3/h10-15,22H,4-9H2,1-3H3. The van der Waals surface area contributed by atoms with E-state index in [1.165, 1.54) is 35.7 Å². The molecule has 0 amide bonds. The number of sulfonamides is 2. The van der Waals surface area contributed by atoms with Gasteiger partial charge >= 0.3 is 0 Å². The second-order valence-electron chi connectivity index (χ2n) is 7.20. The average molecular weight is 453 g/mol. The minimum atomic E-state index is -3.90. The zero-order valence-electron chi connectivity index (χ0n) is 17.5. The number of nitrogens with one attached hydrogen (secondary N) is 1. The fraction of sp³-hybridized carbons (Fsp3) is 0.429. The third kappa shape index (κ3) is 4.48. The first-order chi connectivity index (χ1) is 14.2. The number of fused-ring (bicyclic) bond motifs is 1. The third-order valence-corrected chi connectivity index (χ3v) is 8.83. The van der Waals surface area contributed by atoms with Gasteiger partial charge in [0.1, 0.15) is 10.6 Å². The monoisotopic (exact) mass is 452 g/mol. The number of methoxy groups -OCH3 is 1. The summed E-state index contributed by atoms with van der Waals surface area (Å²) in [4.78, 5) is 0.214. The topological polar surface area (TPSA) is 92.8 Å². The largest absolute Gasteiger partial charge is 0.495 e. The van der Waals surface area contributed by atoms with Crippen LogP contribution in [-0.4, -0.2) is 41.3 Å². The van der Waals surface area contributed by atoms with Gasteiger partial charge in [-0.05, 0) is 73.2 Å². The molecule has 3 rings (SSSR count). The highest BCUT2D eigenvalue weighted by Crippen LogP contribution is 2.33. The van der Waals surface area contributed by atoms with Crippen molar-refractivity contribution in [3.8, 4) is 5.75 Å². The summed E-state index contributed by atoms with van der Waals surface area (Å²) in [5.74, 6) is 0.309. The predicted octanol–water partition coefficient (Wildman–Crippen LogP) is 3.41. The van der Waals surface area contributed by atoms with Crippen molar-refractivity contribution in [2.24, 2.45) is 0 Å². The van der Waals surface area contributed by atoms with E-state index in [-0.39, 0.29) is 15.5 Å². The van der Waals surface area contributed by atoms with Crippen molar-refractivity contribution < 1.29 is 21.6 Å². The number of benzene rings is 2. The number of nitrogens with zero attached hydrogens (tertiary/aromatic N) is 1. The summed E-state index contributed by atoms with van der Waals surface area (Å²) in [7, 11) is -6.04. The molecule has 1 aliphatic carbocycles. The third-order valence-electron chi connectivity index (χ3n) is 5.37. The fourth-order valence-corrected chi connectivity index (χ4v) is 6.45. The Morgan fingerprint density at radius 1 is 0.933 bits per heavy atom. The van der Waals surface area contributed by atoms with Crippen molar-refractivity contribution in [3.05, 3.63) is 47.5 Å². The molecule has 0 saturated heterocycles. The molecule has 0 aliphatic heterocycles. The Kier molecular flexibility index (Phi) is 6.74.